The zero-order valence-corrected chi connectivity index (χ0v) is 22.5. The Labute approximate surface area is 231 Å². The summed E-state index contributed by atoms with van der Waals surface area (Å²) in [5, 5.41) is 9.54. The molecular formula is C34H38N2O3. The van der Waals surface area contributed by atoms with Gasteiger partial charge in [-0.3, -0.25) is 4.90 Å². The van der Waals surface area contributed by atoms with E-state index in [4.69, 9.17) is 15.2 Å². The van der Waals surface area contributed by atoms with E-state index in [-0.39, 0.29) is 24.7 Å². The maximum atomic E-state index is 9.54. The summed E-state index contributed by atoms with van der Waals surface area (Å²) in [5.41, 5.74) is 12.4. The molecule has 0 spiro atoms. The van der Waals surface area contributed by atoms with E-state index in [2.05, 4.69) is 96.8 Å². The molecule has 39 heavy (non-hydrogen) atoms. The summed E-state index contributed by atoms with van der Waals surface area (Å²) in [4.78, 5) is 2.47. The summed E-state index contributed by atoms with van der Waals surface area (Å²) in [6.07, 6.45) is -0.699. The normalized spacial score (nSPS) is 21.2. The van der Waals surface area contributed by atoms with E-state index in [0.717, 1.165) is 41.9 Å². The quantitative estimate of drug-likeness (QED) is 0.262. The summed E-state index contributed by atoms with van der Waals surface area (Å²) >= 11 is 0. The van der Waals surface area contributed by atoms with Crippen molar-refractivity contribution >= 4 is 0 Å². The van der Waals surface area contributed by atoms with Gasteiger partial charge >= 0.3 is 0 Å². The first-order valence-corrected chi connectivity index (χ1v) is 13.7. The molecule has 0 amide bonds. The summed E-state index contributed by atoms with van der Waals surface area (Å²) in [6, 6.07) is 37.5. The number of aliphatic hydroxyl groups is 1. The monoisotopic (exact) mass is 522 g/mol. The molecule has 5 rings (SSSR count). The third-order valence-electron chi connectivity index (χ3n) is 7.55. The minimum atomic E-state index is -0.490. The second kappa shape index (κ2) is 13.2. The molecule has 1 saturated heterocycles. The predicted molar refractivity (Wildman–Crippen MR) is 154 cm³/mol. The second-order valence-electron chi connectivity index (χ2n) is 10.4. The Kier molecular flexibility index (Phi) is 9.19. The molecule has 4 aromatic carbocycles. The van der Waals surface area contributed by atoms with Gasteiger partial charge in [0.15, 0.2) is 6.29 Å². The molecule has 202 valence electrons. The number of nitrogens with zero attached hydrogens (tertiary/aromatic N) is 1. The molecular weight excluding hydrogens is 484 g/mol. The Morgan fingerprint density at radius 3 is 1.74 bits per heavy atom. The Hall–Kier alpha value is -3.32. The number of nitrogens with two attached hydrogens (primary N) is 1. The van der Waals surface area contributed by atoms with Crippen LogP contribution in [0.15, 0.2) is 109 Å². The van der Waals surface area contributed by atoms with E-state index in [1.807, 2.05) is 24.3 Å². The molecule has 0 saturated carbocycles. The molecule has 0 aromatic heterocycles. The summed E-state index contributed by atoms with van der Waals surface area (Å²) in [6.45, 7) is 5.16. The smallest absolute Gasteiger partial charge is 0.184 e. The third kappa shape index (κ3) is 7.01. The summed E-state index contributed by atoms with van der Waals surface area (Å²) < 4.78 is 13.4. The fraction of sp³-hybridized carbons (Fsp3) is 0.294. The zero-order chi connectivity index (χ0) is 27.0. The standard InChI is InChI=1S/C34H38N2O3/c1-25-32(23-36(21-27-8-4-2-5-9-27)22-28-10-6-3-7-11-28)38-34(31-18-12-26(20-35)13-19-31)39-33(25)30-16-14-29(24-37)15-17-30/h2-19,25,32-34,37H,20-24,35H2,1H3/t25-,32+,33+,34+/m1/s1. The lowest BCUT2D eigenvalue weighted by Gasteiger charge is -2.43. The number of hydrogen-bond donors (Lipinski definition) is 2. The third-order valence-corrected chi connectivity index (χ3v) is 7.55. The van der Waals surface area contributed by atoms with Gasteiger partial charge in [-0.15, -0.1) is 0 Å². The SMILES string of the molecule is C[C@@H]1[C@H](CN(Cc2ccccc2)Cc2ccccc2)O[C@H](c2ccc(CN)cc2)O[C@@H]1c1ccc(CO)cc1. The highest BCUT2D eigenvalue weighted by Crippen LogP contribution is 2.42. The van der Waals surface area contributed by atoms with Gasteiger partial charge in [0.05, 0.1) is 18.8 Å². The molecule has 4 aromatic rings. The average molecular weight is 523 g/mol. The van der Waals surface area contributed by atoms with Crippen LogP contribution >= 0.6 is 0 Å². The zero-order valence-electron chi connectivity index (χ0n) is 22.5. The Bertz CT molecular complexity index is 1240. The van der Waals surface area contributed by atoms with Crippen LogP contribution in [0.5, 0.6) is 0 Å². The predicted octanol–water partition coefficient (Wildman–Crippen LogP) is 6.13. The maximum absolute atomic E-state index is 9.54. The number of rotatable bonds is 10. The summed E-state index contributed by atoms with van der Waals surface area (Å²) in [7, 11) is 0. The average Bonchev–Trinajstić information content (AvgIpc) is 2.99. The first kappa shape index (κ1) is 27.3. The number of benzene rings is 4. The van der Waals surface area contributed by atoms with Gasteiger partial charge < -0.3 is 20.3 Å². The molecule has 1 fully saturated rings. The van der Waals surface area contributed by atoms with Crippen LogP contribution in [0.2, 0.25) is 0 Å². The van der Waals surface area contributed by atoms with Gasteiger partial charge in [-0.1, -0.05) is 116 Å². The van der Waals surface area contributed by atoms with E-state index < -0.39 is 6.29 Å². The molecule has 0 bridgehead atoms. The lowest BCUT2D eigenvalue weighted by molar-refractivity contribution is -0.276. The summed E-state index contributed by atoms with van der Waals surface area (Å²) in [5.74, 6) is 0.110. The van der Waals surface area contributed by atoms with Crippen LogP contribution in [-0.2, 0) is 35.7 Å². The lowest BCUT2D eigenvalue weighted by Crippen LogP contribution is -2.44. The van der Waals surface area contributed by atoms with Crippen molar-refractivity contribution in [1.29, 1.82) is 0 Å². The Balaban J connectivity index is 1.43. The fourth-order valence-corrected chi connectivity index (χ4v) is 5.26. The van der Waals surface area contributed by atoms with Crippen LogP contribution in [0.1, 0.15) is 52.7 Å². The van der Waals surface area contributed by atoms with Crippen LogP contribution in [0.4, 0.5) is 0 Å². The minimum absolute atomic E-state index is 0.0249. The van der Waals surface area contributed by atoms with Crippen LogP contribution in [0.25, 0.3) is 0 Å². The van der Waals surface area contributed by atoms with Crippen LogP contribution in [0.3, 0.4) is 0 Å². The molecule has 3 N–H and O–H groups in total. The molecule has 5 heteroatoms. The van der Waals surface area contributed by atoms with Gasteiger partial charge in [-0.2, -0.15) is 0 Å². The van der Waals surface area contributed by atoms with Gasteiger partial charge in [-0.25, -0.2) is 0 Å². The van der Waals surface area contributed by atoms with Crippen LogP contribution in [0, 0.1) is 5.92 Å². The van der Waals surface area contributed by atoms with Crippen molar-refractivity contribution in [2.24, 2.45) is 11.7 Å². The molecule has 1 aliphatic heterocycles. The van der Waals surface area contributed by atoms with Gasteiger partial charge in [0, 0.05) is 37.7 Å². The first-order chi connectivity index (χ1) is 19.1. The first-order valence-electron chi connectivity index (χ1n) is 13.7. The molecule has 0 aliphatic carbocycles. The van der Waals surface area contributed by atoms with E-state index >= 15 is 0 Å². The molecule has 1 heterocycles. The van der Waals surface area contributed by atoms with E-state index in [1.165, 1.54) is 11.1 Å². The molecule has 5 nitrogen and oxygen atoms in total. The maximum Gasteiger partial charge on any atom is 0.184 e. The topological polar surface area (TPSA) is 68.0 Å². The van der Waals surface area contributed by atoms with Crippen molar-refractivity contribution in [3.05, 3.63) is 143 Å². The van der Waals surface area contributed by atoms with Crippen molar-refractivity contribution in [2.75, 3.05) is 6.54 Å². The number of aliphatic hydroxyl groups excluding tert-OH is 1. The van der Waals surface area contributed by atoms with E-state index in [1.54, 1.807) is 0 Å². The van der Waals surface area contributed by atoms with E-state index in [0.29, 0.717) is 6.54 Å². The van der Waals surface area contributed by atoms with Crippen molar-refractivity contribution in [2.45, 2.75) is 51.7 Å². The van der Waals surface area contributed by atoms with Crippen molar-refractivity contribution < 1.29 is 14.6 Å². The molecule has 4 atom stereocenters. The Morgan fingerprint density at radius 2 is 1.21 bits per heavy atom. The van der Waals surface area contributed by atoms with Crippen LogP contribution in [-0.4, -0.2) is 22.7 Å². The van der Waals surface area contributed by atoms with Crippen molar-refractivity contribution in [3.8, 4) is 0 Å². The highest BCUT2D eigenvalue weighted by Gasteiger charge is 2.39. The van der Waals surface area contributed by atoms with Crippen LogP contribution < -0.4 is 5.73 Å². The van der Waals surface area contributed by atoms with Crippen molar-refractivity contribution in [3.63, 3.8) is 0 Å². The minimum Gasteiger partial charge on any atom is -0.392 e. The van der Waals surface area contributed by atoms with Gasteiger partial charge in [0.2, 0.25) is 0 Å². The number of hydrogen-bond acceptors (Lipinski definition) is 5. The van der Waals surface area contributed by atoms with Crippen molar-refractivity contribution in [1.82, 2.24) is 4.90 Å². The highest BCUT2D eigenvalue weighted by atomic mass is 16.7. The Morgan fingerprint density at radius 1 is 0.667 bits per heavy atom. The number of ether oxygens (including phenoxy) is 2. The van der Waals surface area contributed by atoms with Gasteiger partial charge in [-0.05, 0) is 27.8 Å². The molecule has 0 unspecified atom stereocenters. The fourth-order valence-electron chi connectivity index (χ4n) is 5.26. The highest BCUT2D eigenvalue weighted by molar-refractivity contribution is 5.27. The largest absolute Gasteiger partial charge is 0.392 e. The van der Waals surface area contributed by atoms with Gasteiger partial charge in [0.25, 0.3) is 0 Å². The second-order valence-corrected chi connectivity index (χ2v) is 10.4. The van der Waals surface area contributed by atoms with Gasteiger partial charge in [0.1, 0.15) is 0 Å². The molecule has 1 aliphatic rings. The van der Waals surface area contributed by atoms with E-state index in [9.17, 15) is 5.11 Å². The lowest BCUT2D eigenvalue weighted by atomic mass is 9.89. The molecule has 0 radical (unpaired) electrons.